The van der Waals surface area contributed by atoms with Gasteiger partial charge in [0.15, 0.2) is 0 Å². The van der Waals surface area contributed by atoms with E-state index in [2.05, 4.69) is 26.2 Å². The van der Waals surface area contributed by atoms with Gasteiger partial charge in [-0.25, -0.2) is 9.37 Å². The quantitative estimate of drug-likeness (QED) is 0.639. The van der Waals surface area contributed by atoms with E-state index in [-0.39, 0.29) is 25.5 Å². The maximum atomic E-state index is 13.1. The minimum Gasteiger partial charge on any atom is -0.313 e. The number of amides is 1. The highest BCUT2D eigenvalue weighted by Gasteiger charge is 2.32. The van der Waals surface area contributed by atoms with Crippen molar-refractivity contribution in [3.8, 4) is 0 Å². The van der Waals surface area contributed by atoms with Crippen molar-refractivity contribution in [1.29, 1.82) is 0 Å². The van der Waals surface area contributed by atoms with Crippen LogP contribution < -0.4 is 16.0 Å². The first-order valence-corrected chi connectivity index (χ1v) is 6.42. The molecule has 1 saturated heterocycles. The van der Waals surface area contributed by atoms with Crippen molar-refractivity contribution in [2.75, 3.05) is 18.1 Å². The number of nitrogens with one attached hydrogen (secondary N) is 1. The molecule has 1 fully saturated rings. The monoisotopic (exact) mass is 316 g/mol. The number of rotatable bonds is 3. The topological polar surface area (TPSA) is 71.2 Å². The van der Waals surface area contributed by atoms with E-state index in [1.54, 1.807) is 18.2 Å². The Kier molecular flexibility index (Phi) is 4.26. The van der Waals surface area contributed by atoms with Gasteiger partial charge in [-0.2, -0.15) is 0 Å². The molecule has 3 N–H and O–H groups in total. The predicted octanol–water partition coefficient (Wildman–Crippen LogP) is 0.793. The largest absolute Gasteiger partial charge is 0.313 e. The molecule has 1 aliphatic heterocycles. The molecule has 2 rings (SSSR count). The highest BCUT2D eigenvalue weighted by Crippen LogP contribution is 2.18. The molecule has 2 unspecified atom stereocenters. The minimum atomic E-state index is -0.978. The lowest BCUT2D eigenvalue weighted by molar-refractivity contribution is -0.120. The number of nitrogens with zero attached hydrogens (tertiary/aromatic N) is 2. The highest BCUT2D eigenvalue weighted by atomic mass is 79.9. The summed E-state index contributed by atoms with van der Waals surface area (Å²) < 4.78 is 13.7. The predicted molar refractivity (Wildman–Crippen MR) is 69.8 cm³/mol. The Morgan fingerprint density at radius 2 is 2.44 bits per heavy atom. The summed E-state index contributed by atoms with van der Waals surface area (Å²) in [5.74, 6) is 0.212. The summed E-state index contributed by atoms with van der Waals surface area (Å²) in [4.78, 5) is 17.7. The normalized spacial score (nSPS) is 23.1. The van der Waals surface area contributed by atoms with Crippen molar-refractivity contribution < 1.29 is 9.18 Å². The number of carbonyl (C=O) groups excluding carboxylic acids is 1. The SMILES string of the molecule is NCN(C(=O)C1CC(F)CN1)c1cccc(Br)n1. The van der Waals surface area contributed by atoms with Crippen LogP contribution in [0.4, 0.5) is 10.2 Å². The lowest BCUT2D eigenvalue weighted by Crippen LogP contribution is -2.46. The minimum absolute atomic E-state index is 0.0113. The Balaban J connectivity index is 2.15. The molecule has 0 bridgehead atoms. The van der Waals surface area contributed by atoms with Crippen LogP contribution in [0.3, 0.4) is 0 Å². The lowest BCUT2D eigenvalue weighted by atomic mass is 10.2. The summed E-state index contributed by atoms with van der Waals surface area (Å²) in [6.45, 7) is 0.220. The van der Waals surface area contributed by atoms with Gasteiger partial charge in [0.2, 0.25) is 5.91 Å². The number of pyridine rings is 1. The second-order valence-electron chi connectivity index (χ2n) is 4.06. The van der Waals surface area contributed by atoms with Gasteiger partial charge in [0.05, 0.1) is 12.7 Å². The van der Waals surface area contributed by atoms with Gasteiger partial charge in [0, 0.05) is 13.0 Å². The standard InChI is InChI=1S/C11H14BrFN4O/c12-9-2-1-3-10(16-9)17(6-14)11(18)8-4-7(13)5-15-8/h1-3,7-8,15H,4-6,14H2. The van der Waals surface area contributed by atoms with Crippen LogP contribution in [0.5, 0.6) is 0 Å². The zero-order valence-corrected chi connectivity index (χ0v) is 11.2. The molecule has 2 atom stereocenters. The molecule has 0 saturated carbocycles. The van der Waals surface area contributed by atoms with Gasteiger partial charge in [-0.05, 0) is 28.1 Å². The van der Waals surface area contributed by atoms with Crippen molar-refractivity contribution in [2.45, 2.75) is 18.6 Å². The second-order valence-corrected chi connectivity index (χ2v) is 4.87. The molecule has 98 valence electrons. The number of anilines is 1. The zero-order chi connectivity index (χ0) is 13.1. The molecule has 1 aliphatic rings. The molecule has 0 radical (unpaired) electrons. The smallest absolute Gasteiger partial charge is 0.246 e. The number of hydrogen-bond acceptors (Lipinski definition) is 4. The number of aromatic nitrogens is 1. The van der Waals surface area contributed by atoms with Crippen LogP contribution in [-0.4, -0.2) is 36.3 Å². The first-order chi connectivity index (χ1) is 8.61. The number of alkyl halides is 1. The van der Waals surface area contributed by atoms with Gasteiger partial charge in [-0.1, -0.05) is 6.07 Å². The molecule has 18 heavy (non-hydrogen) atoms. The summed E-state index contributed by atoms with van der Waals surface area (Å²) in [5, 5.41) is 2.84. The van der Waals surface area contributed by atoms with E-state index in [1.807, 2.05) is 0 Å². The molecule has 1 aromatic rings. The molecule has 1 amide bonds. The van der Waals surface area contributed by atoms with Crippen LogP contribution in [0.25, 0.3) is 0 Å². The average molecular weight is 317 g/mol. The van der Waals surface area contributed by atoms with E-state index in [0.29, 0.717) is 10.4 Å². The molecule has 1 aromatic heterocycles. The van der Waals surface area contributed by atoms with Crippen LogP contribution in [0, 0.1) is 0 Å². The fourth-order valence-electron chi connectivity index (χ4n) is 1.91. The fourth-order valence-corrected chi connectivity index (χ4v) is 2.25. The summed E-state index contributed by atoms with van der Waals surface area (Å²) in [7, 11) is 0. The Morgan fingerprint density at radius 1 is 1.67 bits per heavy atom. The number of halogens is 2. The lowest BCUT2D eigenvalue weighted by Gasteiger charge is -2.23. The Hall–Kier alpha value is -1.05. The van der Waals surface area contributed by atoms with Crippen LogP contribution >= 0.6 is 15.9 Å². The van der Waals surface area contributed by atoms with E-state index in [4.69, 9.17) is 5.73 Å². The third-order valence-corrected chi connectivity index (χ3v) is 3.24. The molecule has 0 aliphatic carbocycles. The maximum absolute atomic E-state index is 13.1. The maximum Gasteiger partial charge on any atom is 0.246 e. The molecule has 2 heterocycles. The third kappa shape index (κ3) is 2.85. The Morgan fingerprint density at radius 3 is 3.00 bits per heavy atom. The first-order valence-electron chi connectivity index (χ1n) is 5.63. The number of carbonyl (C=O) groups is 1. The van der Waals surface area contributed by atoms with Gasteiger partial charge in [0.25, 0.3) is 0 Å². The molecule has 7 heteroatoms. The van der Waals surface area contributed by atoms with E-state index >= 15 is 0 Å². The van der Waals surface area contributed by atoms with E-state index in [0.717, 1.165) is 0 Å². The highest BCUT2D eigenvalue weighted by molar-refractivity contribution is 9.10. The van der Waals surface area contributed by atoms with Crippen molar-refractivity contribution in [2.24, 2.45) is 5.73 Å². The fraction of sp³-hybridized carbons (Fsp3) is 0.455. The number of nitrogens with two attached hydrogens (primary N) is 1. The van der Waals surface area contributed by atoms with Crippen molar-refractivity contribution >= 4 is 27.7 Å². The van der Waals surface area contributed by atoms with Crippen LogP contribution in [0.1, 0.15) is 6.42 Å². The van der Waals surface area contributed by atoms with Crippen LogP contribution in [-0.2, 0) is 4.79 Å². The van der Waals surface area contributed by atoms with Gasteiger partial charge in [0.1, 0.15) is 16.6 Å². The van der Waals surface area contributed by atoms with Crippen LogP contribution in [0.15, 0.2) is 22.8 Å². The molecule has 5 nitrogen and oxygen atoms in total. The zero-order valence-electron chi connectivity index (χ0n) is 9.64. The second kappa shape index (κ2) is 5.73. The Labute approximate surface area is 113 Å². The van der Waals surface area contributed by atoms with Crippen molar-refractivity contribution in [1.82, 2.24) is 10.3 Å². The van der Waals surface area contributed by atoms with E-state index < -0.39 is 12.2 Å². The van der Waals surface area contributed by atoms with Crippen molar-refractivity contribution in [3.05, 3.63) is 22.8 Å². The van der Waals surface area contributed by atoms with Gasteiger partial charge < -0.3 is 11.1 Å². The summed E-state index contributed by atoms with van der Waals surface area (Å²) >= 11 is 3.24. The Bertz CT molecular complexity index is 445. The molecular weight excluding hydrogens is 303 g/mol. The third-order valence-electron chi connectivity index (χ3n) is 2.80. The summed E-state index contributed by atoms with van der Waals surface area (Å²) in [6, 6.07) is 4.69. The van der Waals surface area contributed by atoms with Crippen molar-refractivity contribution in [3.63, 3.8) is 0 Å². The average Bonchev–Trinajstić information content (AvgIpc) is 2.77. The summed E-state index contributed by atoms with van der Waals surface area (Å²) in [5.41, 5.74) is 5.59. The summed E-state index contributed by atoms with van der Waals surface area (Å²) in [6.07, 6.45) is -0.794. The van der Waals surface area contributed by atoms with Crippen LogP contribution in [0.2, 0.25) is 0 Å². The first kappa shape index (κ1) is 13.4. The van der Waals surface area contributed by atoms with Gasteiger partial charge >= 0.3 is 0 Å². The number of hydrogen-bond donors (Lipinski definition) is 2. The molecular formula is C11H14BrFN4O. The van der Waals surface area contributed by atoms with E-state index in [1.165, 1.54) is 4.90 Å². The van der Waals surface area contributed by atoms with E-state index in [9.17, 15) is 9.18 Å². The van der Waals surface area contributed by atoms with Gasteiger partial charge in [-0.15, -0.1) is 0 Å². The van der Waals surface area contributed by atoms with Gasteiger partial charge in [-0.3, -0.25) is 9.69 Å². The molecule has 0 aromatic carbocycles. The molecule has 0 spiro atoms.